The number of pyridine rings is 1. The van der Waals surface area contributed by atoms with Crippen molar-refractivity contribution in [2.24, 2.45) is 0 Å². The zero-order valence-electron chi connectivity index (χ0n) is 8.93. The second-order valence-electron chi connectivity index (χ2n) is 3.75. The van der Waals surface area contributed by atoms with Crippen molar-refractivity contribution in [3.8, 4) is 5.75 Å². The van der Waals surface area contributed by atoms with Gasteiger partial charge in [0.05, 0.1) is 5.69 Å². The first-order valence-electron chi connectivity index (χ1n) is 5.22. The molecule has 3 N–H and O–H groups in total. The third kappa shape index (κ3) is 2.51. The molecule has 1 heterocycles. The smallest absolute Gasteiger partial charge is 0.138 e. The minimum atomic E-state index is 0.156. The quantitative estimate of drug-likeness (QED) is 0.608. The molecular formula is C13H14N2O. The maximum Gasteiger partial charge on any atom is 0.138 e. The zero-order chi connectivity index (χ0) is 11.4. The average molecular weight is 214 g/mol. The van der Waals surface area contributed by atoms with E-state index in [9.17, 15) is 5.11 Å². The van der Waals surface area contributed by atoms with Crippen molar-refractivity contribution in [1.29, 1.82) is 0 Å². The number of hydrogen-bond donors (Lipinski definition) is 2. The van der Waals surface area contributed by atoms with Crippen molar-refractivity contribution < 1.29 is 5.11 Å². The van der Waals surface area contributed by atoms with Crippen LogP contribution >= 0.6 is 0 Å². The molecule has 0 aliphatic rings. The Labute approximate surface area is 94.6 Å². The van der Waals surface area contributed by atoms with Crippen molar-refractivity contribution in [1.82, 2.24) is 4.98 Å². The molecule has 0 aliphatic heterocycles. The largest absolute Gasteiger partial charge is 0.506 e. The molecule has 2 aromatic rings. The maximum atomic E-state index is 9.46. The number of nitrogen functional groups attached to an aromatic ring is 1. The predicted octanol–water partition coefficient (Wildman–Crippen LogP) is 2.15. The van der Waals surface area contributed by atoms with Gasteiger partial charge < -0.3 is 10.8 Å². The summed E-state index contributed by atoms with van der Waals surface area (Å²) in [4.78, 5) is 4.06. The van der Waals surface area contributed by atoms with E-state index < -0.39 is 0 Å². The molecule has 0 atom stereocenters. The number of phenolic OH excluding ortho intramolecular Hbond substituents is 1. The Morgan fingerprint density at radius 1 is 1.12 bits per heavy atom. The molecule has 0 spiro atoms. The number of aryl methyl sites for hydroxylation is 2. The molecule has 0 radical (unpaired) electrons. The number of nitrogens with two attached hydrogens (primary N) is 1. The lowest BCUT2D eigenvalue weighted by Gasteiger charge is -2.04. The van der Waals surface area contributed by atoms with Gasteiger partial charge in [0, 0.05) is 12.4 Å². The van der Waals surface area contributed by atoms with Crippen LogP contribution < -0.4 is 5.73 Å². The van der Waals surface area contributed by atoms with E-state index >= 15 is 0 Å². The fourth-order valence-corrected chi connectivity index (χ4v) is 1.58. The van der Waals surface area contributed by atoms with E-state index in [2.05, 4.69) is 4.98 Å². The summed E-state index contributed by atoms with van der Waals surface area (Å²) in [5.41, 5.74) is 8.23. The highest BCUT2D eigenvalue weighted by Crippen LogP contribution is 2.21. The Hall–Kier alpha value is -2.03. The van der Waals surface area contributed by atoms with Crippen LogP contribution in [0.15, 0.2) is 42.7 Å². The van der Waals surface area contributed by atoms with E-state index in [1.807, 2.05) is 24.4 Å². The molecule has 16 heavy (non-hydrogen) atoms. The number of anilines is 1. The molecular weight excluding hydrogens is 200 g/mol. The Morgan fingerprint density at radius 3 is 2.62 bits per heavy atom. The van der Waals surface area contributed by atoms with E-state index in [-0.39, 0.29) is 5.75 Å². The van der Waals surface area contributed by atoms with Gasteiger partial charge in [-0.25, -0.2) is 0 Å². The molecule has 0 amide bonds. The van der Waals surface area contributed by atoms with Crippen LogP contribution in [0.2, 0.25) is 0 Å². The fourth-order valence-electron chi connectivity index (χ4n) is 1.58. The van der Waals surface area contributed by atoms with Crippen molar-refractivity contribution in [2.75, 3.05) is 5.73 Å². The summed E-state index contributed by atoms with van der Waals surface area (Å²) in [5, 5.41) is 9.46. The predicted molar refractivity (Wildman–Crippen MR) is 64.2 cm³/mol. The van der Waals surface area contributed by atoms with Crippen LogP contribution in [0.1, 0.15) is 11.1 Å². The lowest BCUT2D eigenvalue weighted by atomic mass is 10.1. The highest BCUT2D eigenvalue weighted by molar-refractivity contribution is 5.52. The fraction of sp³-hybridized carbons (Fsp3) is 0.154. The average Bonchev–Trinajstić information content (AvgIpc) is 2.32. The van der Waals surface area contributed by atoms with Crippen LogP contribution in [-0.4, -0.2) is 10.1 Å². The van der Waals surface area contributed by atoms with Crippen molar-refractivity contribution in [2.45, 2.75) is 12.8 Å². The minimum absolute atomic E-state index is 0.156. The second-order valence-corrected chi connectivity index (χ2v) is 3.75. The molecule has 2 rings (SSSR count). The van der Waals surface area contributed by atoms with Crippen molar-refractivity contribution in [3.05, 3.63) is 53.9 Å². The third-order valence-electron chi connectivity index (χ3n) is 2.52. The van der Waals surface area contributed by atoms with E-state index in [0.717, 1.165) is 18.4 Å². The van der Waals surface area contributed by atoms with Crippen LogP contribution in [0.4, 0.5) is 5.69 Å². The van der Waals surface area contributed by atoms with E-state index in [1.165, 1.54) is 5.56 Å². The zero-order valence-corrected chi connectivity index (χ0v) is 8.93. The summed E-state index contributed by atoms with van der Waals surface area (Å²) >= 11 is 0. The van der Waals surface area contributed by atoms with Crippen molar-refractivity contribution in [3.63, 3.8) is 0 Å². The number of benzene rings is 1. The molecule has 3 heteroatoms. The minimum Gasteiger partial charge on any atom is -0.506 e. The Balaban J connectivity index is 2.03. The topological polar surface area (TPSA) is 59.1 Å². The van der Waals surface area contributed by atoms with Gasteiger partial charge >= 0.3 is 0 Å². The van der Waals surface area contributed by atoms with E-state index in [1.54, 1.807) is 18.3 Å². The molecule has 82 valence electrons. The highest BCUT2D eigenvalue weighted by atomic mass is 16.3. The summed E-state index contributed by atoms with van der Waals surface area (Å²) in [6, 6.07) is 9.35. The molecule has 0 unspecified atom stereocenters. The molecule has 0 saturated heterocycles. The van der Waals surface area contributed by atoms with Gasteiger partial charge in [-0.15, -0.1) is 0 Å². The summed E-state index contributed by atoms with van der Waals surface area (Å²) < 4.78 is 0. The van der Waals surface area contributed by atoms with Crippen LogP contribution in [0.5, 0.6) is 5.75 Å². The summed E-state index contributed by atoms with van der Waals surface area (Å²) in [5.74, 6) is 0.156. The van der Waals surface area contributed by atoms with Gasteiger partial charge in [-0.2, -0.15) is 0 Å². The maximum absolute atomic E-state index is 9.46. The summed E-state index contributed by atoms with van der Waals surface area (Å²) in [6.45, 7) is 0. The SMILES string of the molecule is Nc1ccc(CCc2cccnc2)cc1O. The highest BCUT2D eigenvalue weighted by Gasteiger charge is 2.00. The molecule has 0 bridgehead atoms. The Bertz CT molecular complexity index is 469. The first kappa shape index (κ1) is 10.5. The van der Waals surface area contributed by atoms with Gasteiger partial charge in [-0.05, 0) is 42.2 Å². The van der Waals surface area contributed by atoms with Gasteiger partial charge in [0.1, 0.15) is 5.75 Å². The monoisotopic (exact) mass is 214 g/mol. The number of rotatable bonds is 3. The van der Waals surface area contributed by atoms with Crippen LogP contribution in [-0.2, 0) is 12.8 Å². The molecule has 0 saturated carbocycles. The van der Waals surface area contributed by atoms with E-state index in [0.29, 0.717) is 5.69 Å². The standard InChI is InChI=1S/C13H14N2O/c14-12-6-5-10(8-13(12)16)3-4-11-2-1-7-15-9-11/h1-2,5-9,16H,3-4,14H2. The molecule has 1 aromatic heterocycles. The van der Waals surface area contributed by atoms with E-state index in [4.69, 9.17) is 5.73 Å². The Morgan fingerprint density at radius 2 is 1.94 bits per heavy atom. The van der Waals surface area contributed by atoms with Crippen LogP contribution in [0, 0.1) is 0 Å². The van der Waals surface area contributed by atoms with Gasteiger partial charge in [-0.3, -0.25) is 4.98 Å². The van der Waals surface area contributed by atoms with Gasteiger partial charge in [-0.1, -0.05) is 12.1 Å². The number of aromatic hydroxyl groups is 1. The first-order chi connectivity index (χ1) is 7.75. The first-order valence-corrected chi connectivity index (χ1v) is 5.22. The molecule has 1 aromatic carbocycles. The number of nitrogens with zero attached hydrogens (tertiary/aromatic N) is 1. The number of phenols is 1. The Kier molecular flexibility index (Phi) is 3.05. The van der Waals surface area contributed by atoms with Gasteiger partial charge in [0.25, 0.3) is 0 Å². The molecule has 0 aliphatic carbocycles. The lowest BCUT2D eigenvalue weighted by molar-refractivity contribution is 0.477. The second kappa shape index (κ2) is 4.66. The normalized spacial score (nSPS) is 10.2. The summed E-state index contributed by atoms with van der Waals surface area (Å²) in [6.07, 6.45) is 5.41. The number of aromatic nitrogens is 1. The number of hydrogen-bond acceptors (Lipinski definition) is 3. The lowest BCUT2D eigenvalue weighted by Crippen LogP contribution is -1.93. The molecule has 3 nitrogen and oxygen atoms in total. The van der Waals surface area contributed by atoms with Gasteiger partial charge in [0.2, 0.25) is 0 Å². The third-order valence-corrected chi connectivity index (χ3v) is 2.52. The van der Waals surface area contributed by atoms with Gasteiger partial charge in [0.15, 0.2) is 0 Å². The van der Waals surface area contributed by atoms with Crippen molar-refractivity contribution >= 4 is 5.69 Å². The molecule has 0 fully saturated rings. The summed E-state index contributed by atoms with van der Waals surface area (Å²) in [7, 11) is 0. The van der Waals surface area contributed by atoms with Crippen LogP contribution in [0.25, 0.3) is 0 Å². The van der Waals surface area contributed by atoms with Crippen LogP contribution in [0.3, 0.4) is 0 Å².